The molecule has 1 aliphatic heterocycles. The molecule has 0 aromatic rings. The second-order valence-electron chi connectivity index (χ2n) is 2.91. The zero-order valence-corrected chi connectivity index (χ0v) is 8.70. The van der Waals surface area contributed by atoms with Gasteiger partial charge in [-0.1, -0.05) is 18.5 Å². The van der Waals surface area contributed by atoms with Gasteiger partial charge in [0.15, 0.2) is 0 Å². The molecule has 1 heterocycles. The van der Waals surface area contributed by atoms with Crippen molar-refractivity contribution in [1.82, 2.24) is 9.80 Å². The van der Waals surface area contributed by atoms with Gasteiger partial charge >= 0.3 is 0 Å². The molecule has 0 saturated carbocycles. The predicted octanol–water partition coefficient (Wildman–Crippen LogP) is -0.277. The van der Waals surface area contributed by atoms with Gasteiger partial charge in [0, 0.05) is 13.1 Å². The molecule has 2 unspecified atom stereocenters. The summed E-state index contributed by atoms with van der Waals surface area (Å²) in [6.45, 7) is 5.39. The summed E-state index contributed by atoms with van der Waals surface area (Å²) < 4.78 is 0. The summed E-state index contributed by atoms with van der Waals surface area (Å²) in [6, 6.07) is 0. The molecule has 1 aliphatic rings. The first-order chi connectivity index (χ1) is 6.03. The number of halogens is 1. The molecule has 6 heteroatoms. The van der Waals surface area contributed by atoms with Crippen LogP contribution in [0.5, 0.6) is 0 Å². The second kappa shape index (κ2) is 3.79. The maximum Gasteiger partial charge on any atom is 0.247 e. The number of aliphatic imine (C=N–C) groups is 1. The molecule has 0 bridgehead atoms. The Kier molecular flexibility index (Phi) is 3.13. The van der Waals surface area contributed by atoms with Crippen LogP contribution in [0.2, 0.25) is 0 Å². The van der Waals surface area contributed by atoms with Crippen molar-refractivity contribution in [3.63, 3.8) is 0 Å². The van der Waals surface area contributed by atoms with E-state index in [0.29, 0.717) is 6.54 Å². The van der Waals surface area contributed by atoms with E-state index in [9.17, 15) is 0 Å². The lowest BCUT2D eigenvalue weighted by Crippen LogP contribution is -2.66. The van der Waals surface area contributed by atoms with Crippen LogP contribution in [0.25, 0.3) is 0 Å². The molecule has 2 atom stereocenters. The Bertz CT molecular complexity index is 205. The van der Waals surface area contributed by atoms with Crippen LogP contribution in [0.4, 0.5) is 0 Å². The van der Waals surface area contributed by atoms with Crippen LogP contribution >= 0.6 is 11.6 Å². The van der Waals surface area contributed by atoms with Crippen LogP contribution < -0.4 is 11.5 Å². The number of nitrogens with two attached hydrogens (primary N) is 2. The smallest absolute Gasteiger partial charge is 0.247 e. The summed E-state index contributed by atoms with van der Waals surface area (Å²) in [4.78, 5) is 7.60. The summed E-state index contributed by atoms with van der Waals surface area (Å²) in [5, 5.41) is -1.19. The third-order valence-corrected chi connectivity index (χ3v) is 2.47. The molecule has 0 saturated heterocycles. The molecule has 0 amide bonds. The summed E-state index contributed by atoms with van der Waals surface area (Å²) in [5.74, 6) is 0. The first kappa shape index (κ1) is 10.7. The fraction of sp³-hybridized carbons (Fsp3) is 0.857. The average Bonchev–Trinajstić information content (AvgIpc) is 2.04. The van der Waals surface area contributed by atoms with Crippen molar-refractivity contribution in [1.29, 1.82) is 0 Å². The molecule has 76 valence electrons. The Morgan fingerprint density at radius 3 is 2.62 bits per heavy atom. The number of hydrogen-bond donors (Lipinski definition) is 2. The fourth-order valence-corrected chi connectivity index (χ4v) is 1.60. The number of hydrogen-bond acceptors (Lipinski definition) is 5. The van der Waals surface area contributed by atoms with Crippen molar-refractivity contribution >= 4 is 17.9 Å². The summed E-state index contributed by atoms with van der Waals surface area (Å²) >= 11 is 5.95. The first-order valence-electron chi connectivity index (χ1n) is 4.34. The van der Waals surface area contributed by atoms with Crippen LogP contribution in [0.1, 0.15) is 13.8 Å². The zero-order chi connectivity index (χ0) is 10.1. The lowest BCUT2D eigenvalue weighted by molar-refractivity contribution is 0.0332. The van der Waals surface area contributed by atoms with E-state index in [4.69, 9.17) is 23.1 Å². The Labute approximate surface area is 83.3 Å². The highest BCUT2D eigenvalue weighted by Crippen LogP contribution is 2.21. The standard InChI is InChI=1S/C7H16ClN5/c1-3-12-5-11-7(8,10)13(4-2)6(12)9/h5-6H,3-4,9-10H2,1-2H3. The van der Waals surface area contributed by atoms with Crippen molar-refractivity contribution in [3.05, 3.63) is 0 Å². The largest absolute Gasteiger partial charge is 0.335 e. The highest BCUT2D eigenvalue weighted by molar-refractivity contribution is 6.23. The highest BCUT2D eigenvalue weighted by atomic mass is 35.5. The van der Waals surface area contributed by atoms with Crippen LogP contribution in [-0.2, 0) is 0 Å². The summed E-state index contributed by atoms with van der Waals surface area (Å²) in [7, 11) is 0. The van der Waals surface area contributed by atoms with Crippen molar-refractivity contribution in [3.8, 4) is 0 Å². The van der Waals surface area contributed by atoms with Gasteiger partial charge in [-0.25, -0.2) is 9.89 Å². The molecule has 0 aromatic carbocycles. The third kappa shape index (κ3) is 1.94. The van der Waals surface area contributed by atoms with E-state index in [1.54, 1.807) is 11.2 Å². The number of rotatable bonds is 2. The number of alkyl halides is 1. The maximum atomic E-state index is 5.95. The van der Waals surface area contributed by atoms with Gasteiger partial charge in [-0.3, -0.25) is 11.5 Å². The lowest BCUT2D eigenvalue weighted by Gasteiger charge is -2.44. The maximum absolute atomic E-state index is 5.95. The molecule has 0 aliphatic carbocycles. The van der Waals surface area contributed by atoms with Crippen LogP contribution in [0.15, 0.2) is 4.99 Å². The van der Waals surface area contributed by atoms with Crippen LogP contribution in [0.3, 0.4) is 0 Å². The molecular weight excluding hydrogens is 190 g/mol. The Hall–Kier alpha value is -0.360. The molecular formula is C7H16ClN5. The van der Waals surface area contributed by atoms with Gasteiger partial charge in [0.25, 0.3) is 0 Å². The van der Waals surface area contributed by atoms with Gasteiger partial charge < -0.3 is 4.90 Å². The molecule has 13 heavy (non-hydrogen) atoms. The van der Waals surface area contributed by atoms with Gasteiger partial charge in [0.2, 0.25) is 5.25 Å². The highest BCUT2D eigenvalue weighted by Gasteiger charge is 2.37. The topological polar surface area (TPSA) is 70.9 Å². The Morgan fingerprint density at radius 2 is 2.15 bits per heavy atom. The van der Waals surface area contributed by atoms with Gasteiger partial charge in [0.1, 0.15) is 6.29 Å². The van der Waals surface area contributed by atoms with E-state index in [1.807, 2.05) is 18.7 Å². The quantitative estimate of drug-likeness (QED) is 0.481. The van der Waals surface area contributed by atoms with Crippen molar-refractivity contribution < 1.29 is 0 Å². The predicted molar refractivity (Wildman–Crippen MR) is 54.0 cm³/mol. The van der Waals surface area contributed by atoms with E-state index < -0.39 is 5.25 Å². The fourth-order valence-electron chi connectivity index (χ4n) is 1.34. The van der Waals surface area contributed by atoms with Gasteiger partial charge in [-0.05, 0) is 6.92 Å². The van der Waals surface area contributed by atoms with E-state index >= 15 is 0 Å². The molecule has 0 fully saturated rings. The molecule has 4 N–H and O–H groups in total. The average molecular weight is 206 g/mol. The first-order valence-corrected chi connectivity index (χ1v) is 4.72. The van der Waals surface area contributed by atoms with Crippen LogP contribution in [-0.4, -0.2) is 40.8 Å². The van der Waals surface area contributed by atoms with E-state index in [1.165, 1.54) is 0 Å². The van der Waals surface area contributed by atoms with Crippen LogP contribution in [0, 0.1) is 0 Å². The molecule has 1 rings (SSSR count). The summed E-state index contributed by atoms with van der Waals surface area (Å²) in [6.07, 6.45) is 1.30. The van der Waals surface area contributed by atoms with E-state index in [-0.39, 0.29) is 6.29 Å². The minimum absolute atomic E-state index is 0.296. The molecule has 5 nitrogen and oxygen atoms in total. The SMILES string of the molecule is CCN1C=NC(N)(Cl)N(CC)C1N. The minimum Gasteiger partial charge on any atom is -0.335 e. The zero-order valence-electron chi connectivity index (χ0n) is 7.94. The van der Waals surface area contributed by atoms with Gasteiger partial charge in [-0.2, -0.15) is 0 Å². The van der Waals surface area contributed by atoms with Crippen molar-refractivity contribution in [2.45, 2.75) is 25.4 Å². The van der Waals surface area contributed by atoms with Gasteiger partial charge in [0.05, 0.1) is 6.34 Å². The van der Waals surface area contributed by atoms with E-state index in [0.717, 1.165) is 6.54 Å². The Balaban J connectivity index is 2.86. The second-order valence-corrected chi connectivity index (χ2v) is 3.47. The summed E-state index contributed by atoms with van der Waals surface area (Å²) in [5.41, 5.74) is 11.6. The van der Waals surface area contributed by atoms with Crippen molar-refractivity contribution in [2.75, 3.05) is 13.1 Å². The van der Waals surface area contributed by atoms with E-state index in [2.05, 4.69) is 4.99 Å². The van der Waals surface area contributed by atoms with Gasteiger partial charge in [-0.15, -0.1) is 0 Å². The normalized spacial score (nSPS) is 35.5. The Morgan fingerprint density at radius 1 is 1.54 bits per heavy atom. The molecule has 0 aromatic heterocycles. The minimum atomic E-state index is -1.19. The molecule has 0 radical (unpaired) electrons. The lowest BCUT2D eigenvalue weighted by atomic mass is 10.4. The van der Waals surface area contributed by atoms with Crippen molar-refractivity contribution in [2.24, 2.45) is 16.5 Å². The number of nitrogens with zero attached hydrogens (tertiary/aromatic N) is 3. The third-order valence-electron chi connectivity index (χ3n) is 2.15. The molecule has 0 spiro atoms. The monoisotopic (exact) mass is 205 g/mol.